The second-order valence-electron chi connectivity index (χ2n) is 6.32. The third-order valence-corrected chi connectivity index (χ3v) is 5.08. The highest BCUT2D eigenvalue weighted by Crippen LogP contribution is 2.47. The maximum Gasteiger partial charge on any atom is 0.0991 e. The molecule has 2 bridgehead atoms. The van der Waals surface area contributed by atoms with Crippen LogP contribution in [0.3, 0.4) is 0 Å². The topological polar surface area (TPSA) is 35.8 Å². The third-order valence-electron chi connectivity index (χ3n) is 5.08. The van der Waals surface area contributed by atoms with Crippen molar-refractivity contribution >= 4 is 0 Å². The highest BCUT2D eigenvalue weighted by molar-refractivity contribution is 5.37. The van der Waals surface area contributed by atoms with Crippen molar-refractivity contribution < 1.29 is 0 Å². The molecule has 0 heterocycles. The molecule has 3 atom stereocenters. The van der Waals surface area contributed by atoms with Gasteiger partial charge in [-0.15, -0.1) is 0 Å². The van der Waals surface area contributed by atoms with Crippen molar-refractivity contribution in [3.63, 3.8) is 0 Å². The van der Waals surface area contributed by atoms with Gasteiger partial charge in [0.15, 0.2) is 0 Å². The van der Waals surface area contributed by atoms with Crippen molar-refractivity contribution in [3.05, 3.63) is 34.9 Å². The maximum atomic E-state index is 8.87. The number of hydrogen-bond acceptors (Lipinski definition) is 2. The molecule has 2 fully saturated rings. The van der Waals surface area contributed by atoms with E-state index in [9.17, 15) is 0 Å². The van der Waals surface area contributed by atoms with Crippen LogP contribution in [-0.4, -0.2) is 6.54 Å². The molecule has 100 valence electrons. The second kappa shape index (κ2) is 5.35. The first-order valence-corrected chi connectivity index (χ1v) is 7.46. The van der Waals surface area contributed by atoms with Gasteiger partial charge in [0.1, 0.15) is 0 Å². The zero-order valence-corrected chi connectivity index (χ0v) is 11.7. The van der Waals surface area contributed by atoms with E-state index in [1.807, 2.05) is 12.1 Å². The normalized spacial score (nSPS) is 28.5. The van der Waals surface area contributed by atoms with Gasteiger partial charge in [-0.25, -0.2) is 0 Å². The summed E-state index contributed by atoms with van der Waals surface area (Å²) in [5.41, 5.74) is 3.30. The molecular formula is C17H22N2. The molecule has 1 aromatic carbocycles. The van der Waals surface area contributed by atoms with E-state index in [1.54, 1.807) is 0 Å². The van der Waals surface area contributed by atoms with Crippen LogP contribution in [0, 0.1) is 36.0 Å². The van der Waals surface area contributed by atoms with E-state index in [0.29, 0.717) is 0 Å². The van der Waals surface area contributed by atoms with Crippen LogP contribution in [0.15, 0.2) is 18.2 Å². The first-order chi connectivity index (χ1) is 9.26. The van der Waals surface area contributed by atoms with Crippen LogP contribution in [0.5, 0.6) is 0 Å². The molecule has 0 amide bonds. The number of nitrogens with one attached hydrogen (secondary N) is 1. The molecule has 2 aliphatic rings. The fraction of sp³-hybridized carbons (Fsp3) is 0.588. The van der Waals surface area contributed by atoms with Gasteiger partial charge in [0, 0.05) is 6.54 Å². The predicted octanol–water partition coefficient (Wildman–Crippen LogP) is 3.39. The lowest BCUT2D eigenvalue weighted by Gasteiger charge is -2.22. The van der Waals surface area contributed by atoms with Gasteiger partial charge in [0.05, 0.1) is 11.6 Å². The Morgan fingerprint density at radius 1 is 1.32 bits per heavy atom. The minimum atomic E-state index is 0.759. The Balaban J connectivity index is 1.51. The van der Waals surface area contributed by atoms with Gasteiger partial charge in [-0.1, -0.05) is 12.5 Å². The van der Waals surface area contributed by atoms with E-state index < -0.39 is 0 Å². The summed E-state index contributed by atoms with van der Waals surface area (Å²) in [6.45, 7) is 4.20. The van der Waals surface area contributed by atoms with Crippen LogP contribution in [0.2, 0.25) is 0 Å². The Bertz CT molecular complexity index is 500. The molecule has 3 rings (SSSR count). The Morgan fingerprint density at radius 3 is 2.84 bits per heavy atom. The Morgan fingerprint density at radius 2 is 2.21 bits per heavy atom. The van der Waals surface area contributed by atoms with Crippen LogP contribution in [0.1, 0.15) is 42.4 Å². The molecule has 3 unspecified atom stereocenters. The standard InChI is InChI=1S/C17H22N2/c1-12-6-14(9-18)3-5-16(12)10-19-11-17-8-13-2-4-15(17)7-13/h3,5-6,13,15,17,19H,2,4,7-8,10-11H2,1H3. The quantitative estimate of drug-likeness (QED) is 0.894. The second-order valence-corrected chi connectivity index (χ2v) is 6.32. The van der Waals surface area contributed by atoms with Crippen LogP contribution >= 0.6 is 0 Å². The molecule has 1 aromatic rings. The first-order valence-electron chi connectivity index (χ1n) is 7.46. The van der Waals surface area contributed by atoms with Gasteiger partial charge >= 0.3 is 0 Å². The third kappa shape index (κ3) is 2.67. The number of benzene rings is 1. The number of hydrogen-bond donors (Lipinski definition) is 1. The summed E-state index contributed by atoms with van der Waals surface area (Å²) in [6.07, 6.45) is 5.88. The lowest BCUT2D eigenvalue weighted by molar-refractivity contribution is 0.318. The van der Waals surface area contributed by atoms with Crippen LogP contribution in [0.25, 0.3) is 0 Å². The average Bonchev–Trinajstić information content (AvgIpc) is 3.03. The fourth-order valence-corrected chi connectivity index (χ4v) is 3.98. The highest BCUT2D eigenvalue weighted by atomic mass is 14.9. The molecule has 19 heavy (non-hydrogen) atoms. The summed E-state index contributed by atoms with van der Waals surface area (Å²) in [6, 6.07) is 8.18. The first kappa shape index (κ1) is 12.7. The van der Waals surface area contributed by atoms with Gasteiger partial charge in [-0.2, -0.15) is 5.26 Å². The van der Waals surface area contributed by atoms with Crippen LogP contribution < -0.4 is 5.32 Å². The van der Waals surface area contributed by atoms with E-state index in [-0.39, 0.29) is 0 Å². The highest BCUT2D eigenvalue weighted by Gasteiger charge is 2.38. The van der Waals surface area contributed by atoms with E-state index in [1.165, 1.54) is 43.4 Å². The molecule has 2 saturated carbocycles. The molecule has 0 spiro atoms. The molecule has 0 aliphatic heterocycles. The van der Waals surface area contributed by atoms with Crippen molar-refractivity contribution in [1.82, 2.24) is 5.32 Å². The van der Waals surface area contributed by atoms with Crippen molar-refractivity contribution in [2.24, 2.45) is 17.8 Å². The smallest absolute Gasteiger partial charge is 0.0991 e. The maximum absolute atomic E-state index is 8.87. The van der Waals surface area contributed by atoms with Crippen LogP contribution in [0.4, 0.5) is 0 Å². The van der Waals surface area contributed by atoms with Crippen molar-refractivity contribution in [2.75, 3.05) is 6.54 Å². The summed E-state index contributed by atoms with van der Waals surface area (Å²) < 4.78 is 0. The lowest BCUT2D eigenvalue weighted by Crippen LogP contribution is -2.26. The minimum Gasteiger partial charge on any atom is -0.312 e. The van der Waals surface area contributed by atoms with E-state index in [2.05, 4.69) is 24.4 Å². The summed E-state index contributed by atoms with van der Waals surface area (Å²) in [4.78, 5) is 0. The minimum absolute atomic E-state index is 0.759. The van der Waals surface area contributed by atoms with E-state index in [0.717, 1.165) is 29.9 Å². The number of nitriles is 1. The zero-order chi connectivity index (χ0) is 13.2. The van der Waals surface area contributed by atoms with Gasteiger partial charge < -0.3 is 5.32 Å². The van der Waals surface area contributed by atoms with Gasteiger partial charge in [0.2, 0.25) is 0 Å². The van der Waals surface area contributed by atoms with Crippen molar-refractivity contribution in [1.29, 1.82) is 5.26 Å². The fourth-order valence-electron chi connectivity index (χ4n) is 3.98. The summed E-state index contributed by atoms with van der Waals surface area (Å²) in [5, 5.41) is 12.5. The molecule has 0 aromatic heterocycles. The largest absolute Gasteiger partial charge is 0.312 e. The molecule has 2 heteroatoms. The number of fused-ring (bicyclic) bond motifs is 2. The Kier molecular flexibility index (Phi) is 3.57. The Labute approximate surface area is 115 Å². The van der Waals surface area contributed by atoms with E-state index in [4.69, 9.17) is 5.26 Å². The molecular weight excluding hydrogens is 232 g/mol. The lowest BCUT2D eigenvalue weighted by atomic mass is 9.89. The molecule has 1 N–H and O–H groups in total. The van der Waals surface area contributed by atoms with E-state index >= 15 is 0 Å². The zero-order valence-electron chi connectivity index (χ0n) is 11.7. The average molecular weight is 254 g/mol. The molecule has 2 nitrogen and oxygen atoms in total. The number of rotatable bonds is 4. The summed E-state index contributed by atoms with van der Waals surface area (Å²) in [7, 11) is 0. The van der Waals surface area contributed by atoms with Gasteiger partial charge in [0.25, 0.3) is 0 Å². The van der Waals surface area contributed by atoms with Gasteiger partial charge in [-0.3, -0.25) is 0 Å². The monoisotopic (exact) mass is 254 g/mol. The molecule has 2 aliphatic carbocycles. The van der Waals surface area contributed by atoms with Crippen molar-refractivity contribution in [3.8, 4) is 6.07 Å². The molecule has 0 saturated heterocycles. The van der Waals surface area contributed by atoms with Gasteiger partial charge in [-0.05, 0) is 73.7 Å². The summed E-state index contributed by atoms with van der Waals surface area (Å²) >= 11 is 0. The van der Waals surface area contributed by atoms with Crippen LogP contribution in [-0.2, 0) is 6.54 Å². The SMILES string of the molecule is Cc1cc(C#N)ccc1CNCC1CC2CCC1C2. The molecule has 0 radical (unpaired) electrons. The number of nitrogens with zero attached hydrogens (tertiary/aromatic N) is 1. The predicted molar refractivity (Wildman–Crippen MR) is 76.5 cm³/mol. The summed E-state index contributed by atoms with van der Waals surface area (Å²) in [5.74, 6) is 2.95. The number of aryl methyl sites for hydroxylation is 1. The Hall–Kier alpha value is -1.33. The van der Waals surface area contributed by atoms with Crippen molar-refractivity contribution in [2.45, 2.75) is 39.2 Å².